The highest BCUT2D eigenvalue weighted by Crippen LogP contribution is 2.50. The van der Waals surface area contributed by atoms with Crippen LogP contribution in [0.2, 0.25) is 0 Å². The van der Waals surface area contributed by atoms with Crippen LogP contribution in [0, 0.1) is 0 Å². The van der Waals surface area contributed by atoms with Crippen LogP contribution in [0.3, 0.4) is 0 Å². The summed E-state index contributed by atoms with van der Waals surface area (Å²) in [5.41, 5.74) is 0. The second kappa shape index (κ2) is 6.27. The van der Waals surface area contributed by atoms with Gasteiger partial charge in [-0.25, -0.2) is 4.57 Å². The van der Waals surface area contributed by atoms with Crippen molar-refractivity contribution in [2.45, 2.75) is 19.8 Å². The van der Waals surface area contributed by atoms with Gasteiger partial charge in [-0.05, 0) is 18.2 Å². The van der Waals surface area contributed by atoms with Crippen LogP contribution in [0.25, 0.3) is 0 Å². The third-order valence-electron chi connectivity index (χ3n) is 0.977. The summed E-state index contributed by atoms with van der Waals surface area (Å²) in [6, 6.07) is 0. The van der Waals surface area contributed by atoms with E-state index in [0.717, 1.165) is 6.42 Å². The topological polar surface area (TPSA) is 105 Å². The van der Waals surface area contributed by atoms with Crippen LogP contribution >= 0.6 is 14.5 Å². The van der Waals surface area contributed by atoms with Gasteiger partial charge in [0.25, 0.3) is 0 Å². The molecular weight excluding hydrogens is 254 g/mol. The predicted molar refractivity (Wildman–Crippen MR) is 51.6 cm³/mol. The Morgan fingerprint density at radius 1 is 1.29 bits per heavy atom. The van der Waals surface area contributed by atoms with Gasteiger partial charge in [-0.1, -0.05) is 13.3 Å². The highest BCUT2D eigenvalue weighted by molar-refractivity contribution is 8.07. The minimum atomic E-state index is -4.80. The molecular formula is C4H12O7P2S. The quantitative estimate of drug-likeness (QED) is 0.272. The molecule has 0 spiro atoms. The maximum atomic E-state index is 10.2. The molecule has 0 aromatic carbocycles. The van der Waals surface area contributed by atoms with E-state index in [0.29, 0.717) is 6.42 Å². The average molecular weight is 266 g/mol. The van der Waals surface area contributed by atoms with Gasteiger partial charge in [-0.3, -0.25) is 0 Å². The summed E-state index contributed by atoms with van der Waals surface area (Å²) in [6.45, 7) is -1.65. The SMILES string of the molecule is CCCCOP(O)(=S)OOP(=O)(O)O. The lowest BCUT2D eigenvalue weighted by Crippen LogP contribution is -1.97. The van der Waals surface area contributed by atoms with E-state index >= 15 is 0 Å². The normalized spacial score (nSPS) is 16.6. The smallest absolute Gasteiger partial charge is 0.323 e. The van der Waals surface area contributed by atoms with Crippen molar-refractivity contribution >= 4 is 26.3 Å². The second-order valence-electron chi connectivity index (χ2n) is 2.29. The first-order valence-corrected chi connectivity index (χ1v) is 7.80. The van der Waals surface area contributed by atoms with Crippen LogP contribution in [0.15, 0.2) is 0 Å². The predicted octanol–water partition coefficient (Wildman–Crippen LogP) is 1.06. The Labute approximate surface area is 86.4 Å². The van der Waals surface area contributed by atoms with Crippen molar-refractivity contribution in [2.24, 2.45) is 0 Å². The van der Waals surface area contributed by atoms with Gasteiger partial charge in [0.15, 0.2) is 0 Å². The Hall–Kier alpha value is 0.640. The Morgan fingerprint density at radius 2 is 1.86 bits per heavy atom. The third-order valence-corrected chi connectivity index (χ3v) is 2.63. The molecule has 0 saturated heterocycles. The zero-order valence-electron chi connectivity index (χ0n) is 7.40. The highest BCUT2D eigenvalue weighted by Gasteiger charge is 2.24. The molecule has 0 bridgehead atoms. The van der Waals surface area contributed by atoms with Crippen molar-refractivity contribution in [2.75, 3.05) is 6.61 Å². The molecule has 0 radical (unpaired) electrons. The lowest BCUT2D eigenvalue weighted by molar-refractivity contribution is -0.135. The largest absolute Gasteiger partial charge is 0.497 e. The third kappa shape index (κ3) is 9.21. The Kier molecular flexibility index (Phi) is 6.56. The van der Waals surface area contributed by atoms with Crippen LogP contribution in [0.4, 0.5) is 0 Å². The molecule has 3 N–H and O–H groups in total. The van der Waals surface area contributed by atoms with Gasteiger partial charge >= 0.3 is 14.5 Å². The summed E-state index contributed by atoms with van der Waals surface area (Å²) in [4.78, 5) is 25.6. The molecule has 0 aromatic heterocycles. The van der Waals surface area contributed by atoms with Crippen molar-refractivity contribution in [3.05, 3.63) is 0 Å². The average Bonchev–Trinajstić information content (AvgIpc) is 2.00. The zero-order valence-corrected chi connectivity index (χ0v) is 10.0. The van der Waals surface area contributed by atoms with Crippen LogP contribution in [0.1, 0.15) is 19.8 Å². The first kappa shape index (κ1) is 14.6. The van der Waals surface area contributed by atoms with Crippen molar-refractivity contribution in [3.8, 4) is 0 Å². The molecule has 0 aliphatic heterocycles. The van der Waals surface area contributed by atoms with Crippen LogP contribution in [-0.4, -0.2) is 21.3 Å². The van der Waals surface area contributed by atoms with E-state index in [1.807, 2.05) is 6.92 Å². The minimum absolute atomic E-state index is 0.148. The van der Waals surface area contributed by atoms with Gasteiger partial charge in [0.2, 0.25) is 0 Å². The van der Waals surface area contributed by atoms with Crippen LogP contribution in [-0.2, 0) is 30.2 Å². The summed E-state index contributed by atoms with van der Waals surface area (Å²) in [5.74, 6) is 0. The lowest BCUT2D eigenvalue weighted by Gasteiger charge is -2.13. The maximum absolute atomic E-state index is 10.2. The summed E-state index contributed by atoms with van der Waals surface area (Å²) in [5, 5.41) is 0. The van der Waals surface area contributed by atoms with Gasteiger partial charge in [-0.15, -0.1) is 9.35 Å². The molecule has 86 valence electrons. The van der Waals surface area contributed by atoms with Gasteiger partial charge in [0.1, 0.15) is 0 Å². The molecule has 0 heterocycles. The Bertz CT molecular complexity index is 250. The van der Waals surface area contributed by atoms with Crippen LogP contribution < -0.4 is 0 Å². The van der Waals surface area contributed by atoms with Crippen molar-refractivity contribution in [1.82, 2.24) is 0 Å². The number of hydrogen-bond donors (Lipinski definition) is 3. The Balaban J connectivity index is 3.84. The summed E-state index contributed by atoms with van der Waals surface area (Å²) in [6.07, 6.45) is 1.48. The monoisotopic (exact) mass is 266 g/mol. The molecule has 1 atom stereocenters. The molecule has 0 saturated carbocycles. The fourth-order valence-electron chi connectivity index (χ4n) is 0.431. The van der Waals surface area contributed by atoms with E-state index in [1.54, 1.807) is 0 Å². The lowest BCUT2D eigenvalue weighted by atomic mass is 10.4. The molecule has 0 amide bonds. The minimum Gasteiger partial charge on any atom is -0.323 e. The number of hydrogen-bond acceptors (Lipinski definition) is 5. The molecule has 7 nitrogen and oxygen atoms in total. The van der Waals surface area contributed by atoms with E-state index in [4.69, 9.17) is 14.7 Å². The fourth-order valence-corrected chi connectivity index (χ4v) is 1.99. The molecule has 0 rings (SSSR count). The molecule has 0 aliphatic rings. The first-order chi connectivity index (χ1) is 6.27. The number of rotatable bonds is 7. The molecule has 0 aliphatic carbocycles. The maximum Gasteiger partial charge on any atom is 0.497 e. The Morgan fingerprint density at radius 3 is 2.29 bits per heavy atom. The van der Waals surface area contributed by atoms with Gasteiger partial charge in [0.05, 0.1) is 6.61 Å². The molecule has 0 aromatic rings. The summed E-state index contributed by atoms with van der Waals surface area (Å²) >= 11 is 4.38. The van der Waals surface area contributed by atoms with Gasteiger partial charge in [0, 0.05) is 0 Å². The molecule has 1 unspecified atom stereocenters. The standard InChI is InChI=1S/C4H12O7P2S/c1-2-3-4-9-13(8,14)11-10-12(5,6)7/h2-4H2,1H3,(H,8,14)(H2,5,6,7). The van der Waals surface area contributed by atoms with Gasteiger partial charge in [-0.2, -0.15) is 0 Å². The van der Waals surface area contributed by atoms with E-state index in [-0.39, 0.29) is 6.61 Å². The van der Waals surface area contributed by atoms with E-state index in [9.17, 15) is 4.57 Å². The van der Waals surface area contributed by atoms with E-state index in [2.05, 4.69) is 25.7 Å². The second-order valence-corrected chi connectivity index (χ2v) is 6.15. The molecule has 0 fully saturated rings. The van der Waals surface area contributed by atoms with E-state index in [1.165, 1.54) is 0 Å². The van der Waals surface area contributed by atoms with Crippen molar-refractivity contribution < 1.29 is 33.1 Å². The number of unbranched alkanes of at least 4 members (excludes halogenated alkanes) is 1. The first-order valence-electron chi connectivity index (χ1n) is 3.68. The summed E-state index contributed by atoms with van der Waals surface area (Å²) < 4.78 is 22.3. The summed E-state index contributed by atoms with van der Waals surface area (Å²) in [7, 11) is -4.80. The van der Waals surface area contributed by atoms with Crippen molar-refractivity contribution in [3.63, 3.8) is 0 Å². The molecule has 10 heteroatoms. The highest BCUT2D eigenvalue weighted by atomic mass is 32.5. The molecule has 14 heavy (non-hydrogen) atoms. The van der Waals surface area contributed by atoms with Gasteiger partial charge < -0.3 is 19.2 Å². The van der Waals surface area contributed by atoms with E-state index < -0.39 is 14.5 Å². The fraction of sp³-hybridized carbons (Fsp3) is 1.00. The zero-order chi connectivity index (χ0) is 11.2. The van der Waals surface area contributed by atoms with Crippen LogP contribution in [0.5, 0.6) is 0 Å². The number of phosphoric acid groups is 1. The van der Waals surface area contributed by atoms with Crippen molar-refractivity contribution in [1.29, 1.82) is 0 Å².